The van der Waals surface area contributed by atoms with E-state index in [1.165, 1.54) is 12.1 Å². The molecule has 2 aromatic carbocycles. The number of hydrogen-bond donors (Lipinski definition) is 2. The molecule has 0 aliphatic rings. The van der Waals surface area contributed by atoms with E-state index in [2.05, 4.69) is 5.43 Å². The van der Waals surface area contributed by atoms with Crippen molar-refractivity contribution in [3.8, 4) is 5.75 Å². The second-order valence-corrected chi connectivity index (χ2v) is 4.24. The van der Waals surface area contributed by atoms with Gasteiger partial charge in [0.1, 0.15) is 17.4 Å². The van der Waals surface area contributed by atoms with Gasteiger partial charge in [0, 0.05) is 17.2 Å². The lowest BCUT2D eigenvalue weighted by Gasteiger charge is -2.20. The molecule has 2 aromatic rings. The largest absolute Gasteiger partial charge is 0.494 e. The van der Waals surface area contributed by atoms with Gasteiger partial charge in [-0.3, -0.25) is 5.84 Å². The van der Waals surface area contributed by atoms with Crippen molar-refractivity contribution in [1.29, 1.82) is 0 Å². The lowest BCUT2D eigenvalue weighted by molar-refractivity contribution is 0.333. The van der Waals surface area contributed by atoms with Crippen LogP contribution in [0.3, 0.4) is 0 Å². The smallest absolute Gasteiger partial charge is 0.131 e. The number of hydrogen-bond acceptors (Lipinski definition) is 3. The van der Waals surface area contributed by atoms with Gasteiger partial charge in [0.25, 0.3) is 0 Å². The van der Waals surface area contributed by atoms with Crippen LogP contribution in [-0.2, 0) is 0 Å². The SMILES string of the molecule is CCOc1ccccc1C(NN)c1ccc(F)cc1F. The number of benzene rings is 2. The number of rotatable bonds is 5. The molecule has 1 unspecified atom stereocenters. The van der Waals surface area contributed by atoms with Gasteiger partial charge in [0.05, 0.1) is 12.6 Å². The molecule has 20 heavy (non-hydrogen) atoms. The van der Waals surface area contributed by atoms with Crippen molar-refractivity contribution in [1.82, 2.24) is 5.43 Å². The van der Waals surface area contributed by atoms with Crippen molar-refractivity contribution in [3.63, 3.8) is 0 Å². The first-order valence-corrected chi connectivity index (χ1v) is 6.30. The number of nitrogens with one attached hydrogen (secondary N) is 1. The fourth-order valence-electron chi connectivity index (χ4n) is 2.09. The molecule has 0 aromatic heterocycles. The third-order valence-electron chi connectivity index (χ3n) is 2.97. The molecule has 0 spiro atoms. The van der Waals surface area contributed by atoms with Crippen LogP contribution < -0.4 is 16.0 Å². The zero-order chi connectivity index (χ0) is 14.5. The third-order valence-corrected chi connectivity index (χ3v) is 2.97. The van der Waals surface area contributed by atoms with Crippen LogP contribution in [0.2, 0.25) is 0 Å². The van der Waals surface area contributed by atoms with Gasteiger partial charge >= 0.3 is 0 Å². The van der Waals surface area contributed by atoms with Crippen LogP contribution in [0.25, 0.3) is 0 Å². The number of ether oxygens (including phenoxy) is 1. The molecule has 0 bridgehead atoms. The maximum atomic E-state index is 13.9. The lowest BCUT2D eigenvalue weighted by atomic mass is 9.98. The van der Waals surface area contributed by atoms with E-state index < -0.39 is 17.7 Å². The summed E-state index contributed by atoms with van der Waals surface area (Å²) in [6.07, 6.45) is 0. The van der Waals surface area contributed by atoms with Crippen LogP contribution in [0.4, 0.5) is 8.78 Å². The van der Waals surface area contributed by atoms with Crippen LogP contribution in [0.1, 0.15) is 24.1 Å². The summed E-state index contributed by atoms with van der Waals surface area (Å²) in [5, 5.41) is 0. The quantitative estimate of drug-likeness (QED) is 0.653. The highest BCUT2D eigenvalue weighted by molar-refractivity contribution is 5.42. The van der Waals surface area contributed by atoms with Gasteiger partial charge < -0.3 is 4.74 Å². The topological polar surface area (TPSA) is 47.3 Å². The summed E-state index contributed by atoms with van der Waals surface area (Å²) in [5.74, 6) is 4.88. The molecule has 1 atom stereocenters. The highest BCUT2D eigenvalue weighted by atomic mass is 19.1. The Balaban J connectivity index is 2.47. The van der Waals surface area contributed by atoms with Crippen molar-refractivity contribution in [2.75, 3.05) is 6.61 Å². The van der Waals surface area contributed by atoms with E-state index in [4.69, 9.17) is 10.6 Å². The summed E-state index contributed by atoms with van der Waals surface area (Å²) in [7, 11) is 0. The van der Waals surface area contributed by atoms with E-state index in [0.29, 0.717) is 17.9 Å². The van der Waals surface area contributed by atoms with E-state index in [-0.39, 0.29) is 5.56 Å². The maximum Gasteiger partial charge on any atom is 0.131 e. The molecule has 5 heteroatoms. The van der Waals surface area contributed by atoms with Gasteiger partial charge in [0.15, 0.2) is 0 Å². The highest BCUT2D eigenvalue weighted by Crippen LogP contribution is 2.31. The Labute approximate surface area is 116 Å². The first-order chi connectivity index (χ1) is 9.67. The predicted molar refractivity (Wildman–Crippen MR) is 73.1 cm³/mol. The maximum absolute atomic E-state index is 13.9. The van der Waals surface area contributed by atoms with Crippen molar-refractivity contribution in [3.05, 3.63) is 65.2 Å². The molecule has 0 aliphatic carbocycles. The van der Waals surface area contributed by atoms with E-state index in [9.17, 15) is 8.78 Å². The molecule has 3 nitrogen and oxygen atoms in total. The van der Waals surface area contributed by atoms with Gasteiger partial charge in [-0.2, -0.15) is 0 Å². The van der Waals surface area contributed by atoms with Crippen LogP contribution in [0.15, 0.2) is 42.5 Å². The second-order valence-electron chi connectivity index (χ2n) is 4.24. The fraction of sp³-hybridized carbons (Fsp3) is 0.200. The molecular weight excluding hydrogens is 262 g/mol. The summed E-state index contributed by atoms with van der Waals surface area (Å²) in [6, 6.07) is 10.0. The first kappa shape index (κ1) is 14.4. The minimum atomic E-state index is -0.653. The molecule has 0 saturated carbocycles. The van der Waals surface area contributed by atoms with Crippen molar-refractivity contribution < 1.29 is 13.5 Å². The van der Waals surface area contributed by atoms with Gasteiger partial charge in [-0.05, 0) is 19.1 Å². The molecule has 2 rings (SSSR count). The monoisotopic (exact) mass is 278 g/mol. The van der Waals surface area contributed by atoms with Crippen molar-refractivity contribution in [2.45, 2.75) is 13.0 Å². The Morgan fingerprint density at radius 3 is 2.55 bits per heavy atom. The molecular formula is C15H16F2N2O. The Kier molecular flexibility index (Phi) is 4.65. The minimum Gasteiger partial charge on any atom is -0.494 e. The highest BCUT2D eigenvalue weighted by Gasteiger charge is 2.20. The molecule has 0 aliphatic heterocycles. The lowest BCUT2D eigenvalue weighted by Crippen LogP contribution is -2.30. The van der Waals surface area contributed by atoms with Gasteiger partial charge in [-0.15, -0.1) is 0 Å². The molecule has 0 heterocycles. The van der Waals surface area contributed by atoms with Gasteiger partial charge in [-0.1, -0.05) is 24.3 Å². The molecule has 0 radical (unpaired) electrons. The molecule has 106 valence electrons. The number of halogens is 2. The van der Waals surface area contributed by atoms with Gasteiger partial charge in [0.2, 0.25) is 0 Å². The fourth-order valence-corrected chi connectivity index (χ4v) is 2.09. The summed E-state index contributed by atoms with van der Waals surface area (Å²) in [5.41, 5.74) is 3.51. The van der Waals surface area contributed by atoms with E-state index in [1.807, 2.05) is 19.1 Å². The third kappa shape index (κ3) is 2.95. The summed E-state index contributed by atoms with van der Waals surface area (Å²) >= 11 is 0. The first-order valence-electron chi connectivity index (χ1n) is 6.30. The minimum absolute atomic E-state index is 0.265. The van der Waals surface area contributed by atoms with Crippen LogP contribution in [0, 0.1) is 11.6 Å². The normalized spacial score (nSPS) is 12.2. The number of hydrazine groups is 1. The number of nitrogens with two attached hydrogens (primary N) is 1. The summed E-state index contributed by atoms with van der Waals surface area (Å²) < 4.78 is 32.4. The Bertz CT molecular complexity index is 590. The molecule has 0 fully saturated rings. The standard InChI is InChI=1S/C15H16F2N2O/c1-2-20-14-6-4-3-5-12(14)15(19-18)11-8-7-10(16)9-13(11)17/h3-9,15,19H,2,18H2,1H3. The van der Waals surface area contributed by atoms with Gasteiger partial charge in [-0.25, -0.2) is 14.2 Å². The Morgan fingerprint density at radius 1 is 1.15 bits per heavy atom. The summed E-state index contributed by atoms with van der Waals surface area (Å²) in [6.45, 7) is 2.35. The van der Waals surface area contributed by atoms with Crippen LogP contribution >= 0.6 is 0 Å². The van der Waals surface area contributed by atoms with Crippen LogP contribution in [-0.4, -0.2) is 6.61 Å². The van der Waals surface area contributed by atoms with Crippen molar-refractivity contribution in [2.24, 2.45) is 5.84 Å². The molecule has 0 saturated heterocycles. The number of para-hydroxylation sites is 1. The Morgan fingerprint density at radius 2 is 1.90 bits per heavy atom. The van der Waals surface area contributed by atoms with E-state index in [0.717, 1.165) is 6.07 Å². The van der Waals surface area contributed by atoms with Crippen LogP contribution in [0.5, 0.6) is 5.75 Å². The Hall–Kier alpha value is -1.98. The molecule has 3 N–H and O–H groups in total. The average Bonchev–Trinajstić information content (AvgIpc) is 2.44. The van der Waals surface area contributed by atoms with E-state index in [1.54, 1.807) is 12.1 Å². The molecule has 0 amide bonds. The predicted octanol–water partition coefficient (Wildman–Crippen LogP) is 2.92. The zero-order valence-electron chi connectivity index (χ0n) is 11.1. The van der Waals surface area contributed by atoms with E-state index >= 15 is 0 Å². The second kappa shape index (κ2) is 6.45. The van der Waals surface area contributed by atoms with Crippen molar-refractivity contribution >= 4 is 0 Å². The summed E-state index contributed by atoms with van der Waals surface area (Å²) in [4.78, 5) is 0. The average molecular weight is 278 g/mol. The zero-order valence-corrected chi connectivity index (χ0v) is 11.1.